The van der Waals surface area contributed by atoms with E-state index in [4.69, 9.17) is 0 Å². The summed E-state index contributed by atoms with van der Waals surface area (Å²) in [6, 6.07) is 0.469. The van der Waals surface area contributed by atoms with Crippen LogP contribution in [0.1, 0.15) is 51.9 Å². The molecular formula is C13H23N3. The summed E-state index contributed by atoms with van der Waals surface area (Å²) in [6.07, 6.45) is 6.11. The van der Waals surface area contributed by atoms with Crippen LogP contribution in [0.4, 0.5) is 5.82 Å². The quantitative estimate of drug-likeness (QED) is 0.801. The van der Waals surface area contributed by atoms with Crippen LogP contribution in [0.3, 0.4) is 0 Å². The number of rotatable bonds is 6. The lowest BCUT2D eigenvalue weighted by atomic mass is 10.2. The van der Waals surface area contributed by atoms with Gasteiger partial charge in [0.15, 0.2) is 0 Å². The van der Waals surface area contributed by atoms with Crippen LogP contribution in [0.25, 0.3) is 0 Å². The molecule has 0 radical (unpaired) electrons. The average Bonchev–Trinajstić information content (AvgIpc) is 2.29. The summed E-state index contributed by atoms with van der Waals surface area (Å²) in [5.74, 6) is 0.975. The standard InChI is InChI=1S/C13H23N3/c1-5-8-10(4)15-13-12(7-3)14-9-11(6-2)16-13/h9-10H,5-8H2,1-4H3,(H,15,16). The van der Waals surface area contributed by atoms with E-state index in [2.05, 4.69) is 43.0 Å². The molecule has 1 atom stereocenters. The number of nitrogens with zero attached hydrogens (tertiary/aromatic N) is 2. The van der Waals surface area contributed by atoms with Crippen LogP contribution >= 0.6 is 0 Å². The van der Waals surface area contributed by atoms with Crippen molar-refractivity contribution in [3.05, 3.63) is 17.6 Å². The SMILES string of the molecule is CCCC(C)Nc1nc(CC)cnc1CC. The fourth-order valence-corrected chi connectivity index (χ4v) is 1.73. The first kappa shape index (κ1) is 12.9. The van der Waals surface area contributed by atoms with Gasteiger partial charge in [0.05, 0.1) is 11.4 Å². The van der Waals surface area contributed by atoms with Crippen molar-refractivity contribution in [3.8, 4) is 0 Å². The molecule has 0 aliphatic heterocycles. The van der Waals surface area contributed by atoms with E-state index in [0.29, 0.717) is 6.04 Å². The smallest absolute Gasteiger partial charge is 0.148 e. The van der Waals surface area contributed by atoms with E-state index < -0.39 is 0 Å². The second-order valence-electron chi connectivity index (χ2n) is 4.20. The van der Waals surface area contributed by atoms with Gasteiger partial charge in [-0.25, -0.2) is 4.98 Å². The van der Waals surface area contributed by atoms with Gasteiger partial charge in [0.25, 0.3) is 0 Å². The molecular weight excluding hydrogens is 198 g/mol. The van der Waals surface area contributed by atoms with Gasteiger partial charge in [-0.15, -0.1) is 0 Å². The maximum Gasteiger partial charge on any atom is 0.148 e. The topological polar surface area (TPSA) is 37.8 Å². The maximum atomic E-state index is 4.61. The first-order chi connectivity index (χ1) is 7.71. The molecule has 1 N–H and O–H groups in total. The summed E-state index contributed by atoms with van der Waals surface area (Å²) in [4.78, 5) is 9.07. The Morgan fingerprint density at radius 3 is 2.56 bits per heavy atom. The Labute approximate surface area is 98.7 Å². The molecule has 0 aliphatic carbocycles. The maximum absolute atomic E-state index is 4.61. The highest BCUT2D eigenvalue weighted by atomic mass is 15.0. The molecule has 1 aromatic rings. The molecule has 3 heteroatoms. The molecule has 1 aromatic heterocycles. The minimum absolute atomic E-state index is 0.469. The summed E-state index contributed by atoms with van der Waals surface area (Å²) < 4.78 is 0. The third kappa shape index (κ3) is 3.47. The second kappa shape index (κ2) is 6.46. The predicted octanol–water partition coefficient (Wildman–Crippen LogP) is 3.20. The number of nitrogens with one attached hydrogen (secondary N) is 1. The number of hydrogen-bond donors (Lipinski definition) is 1. The van der Waals surface area contributed by atoms with Gasteiger partial charge in [-0.3, -0.25) is 4.98 Å². The molecule has 0 fully saturated rings. The summed E-state index contributed by atoms with van der Waals surface area (Å²) in [7, 11) is 0. The summed E-state index contributed by atoms with van der Waals surface area (Å²) in [5, 5.41) is 3.46. The summed E-state index contributed by atoms with van der Waals surface area (Å²) >= 11 is 0. The molecule has 1 rings (SSSR count). The number of aryl methyl sites for hydroxylation is 2. The first-order valence-electron chi connectivity index (χ1n) is 6.32. The van der Waals surface area contributed by atoms with Crippen molar-refractivity contribution in [1.82, 2.24) is 9.97 Å². The average molecular weight is 221 g/mol. The van der Waals surface area contributed by atoms with Crippen LogP contribution in [-0.2, 0) is 12.8 Å². The Morgan fingerprint density at radius 1 is 1.25 bits per heavy atom. The molecule has 0 aliphatic rings. The van der Waals surface area contributed by atoms with Crippen molar-refractivity contribution in [2.75, 3.05) is 5.32 Å². The molecule has 0 saturated carbocycles. The normalized spacial score (nSPS) is 12.5. The number of hydrogen-bond acceptors (Lipinski definition) is 3. The molecule has 0 saturated heterocycles. The van der Waals surface area contributed by atoms with E-state index in [1.165, 1.54) is 12.8 Å². The fraction of sp³-hybridized carbons (Fsp3) is 0.692. The first-order valence-corrected chi connectivity index (χ1v) is 6.32. The van der Waals surface area contributed by atoms with E-state index in [-0.39, 0.29) is 0 Å². The zero-order valence-electron chi connectivity index (χ0n) is 10.9. The van der Waals surface area contributed by atoms with E-state index >= 15 is 0 Å². The lowest BCUT2D eigenvalue weighted by molar-refractivity contribution is 0.684. The Hall–Kier alpha value is -1.12. The van der Waals surface area contributed by atoms with Crippen molar-refractivity contribution >= 4 is 5.82 Å². The van der Waals surface area contributed by atoms with E-state index in [1.54, 1.807) is 0 Å². The van der Waals surface area contributed by atoms with E-state index in [0.717, 1.165) is 30.0 Å². The van der Waals surface area contributed by atoms with Gasteiger partial charge in [0.2, 0.25) is 0 Å². The van der Waals surface area contributed by atoms with E-state index in [9.17, 15) is 0 Å². The minimum Gasteiger partial charge on any atom is -0.366 e. The minimum atomic E-state index is 0.469. The van der Waals surface area contributed by atoms with Gasteiger partial charge < -0.3 is 5.32 Å². The molecule has 0 aromatic carbocycles. The van der Waals surface area contributed by atoms with Crippen LogP contribution in [0.15, 0.2) is 6.20 Å². The molecule has 16 heavy (non-hydrogen) atoms. The second-order valence-corrected chi connectivity index (χ2v) is 4.20. The molecule has 0 spiro atoms. The van der Waals surface area contributed by atoms with Crippen LogP contribution in [0.2, 0.25) is 0 Å². The zero-order valence-corrected chi connectivity index (χ0v) is 10.9. The number of aromatic nitrogens is 2. The molecule has 0 bridgehead atoms. The lowest BCUT2D eigenvalue weighted by Crippen LogP contribution is -2.18. The largest absolute Gasteiger partial charge is 0.366 e. The highest BCUT2D eigenvalue weighted by Crippen LogP contribution is 2.14. The van der Waals surface area contributed by atoms with Gasteiger partial charge in [-0.2, -0.15) is 0 Å². The van der Waals surface area contributed by atoms with Crippen molar-refractivity contribution in [2.24, 2.45) is 0 Å². The molecule has 1 heterocycles. The molecule has 1 unspecified atom stereocenters. The van der Waals surface area contributed by atoms with Gasteiger partial charge in [0.1, 0.15) is 5.82 Å². The molecule has 0 amide bonds. The van der Waals surface area contributed by atoms with Gasteiger partial charge in [-0.1, -0.05) is 27.2 Å². The van der Waals surface area contributed by atoms with Crippen LogP contribution in [0.5, 0.6) is 0 Å². The lowest BCUT2D eigenvalue weighted by Gasteiger charge is -2.16. The van der Waals surface area contributed by atoms with Gasteiger partial charge >= 0.3 is 0 Å². The Bertz CT molecular complexity index is 323. The third-order valence-corrected chi connectivity index (χ3v) is 2.70. The monoisotopic (exact) mass is 221 g/mol. The predicted molar refractivity (Wildman–Crippen MR) is 68.8 cm³/mol. The van der Waals surface area contributed by atoms with Crippen LogP contribution in [0, 0.1) is 0 Å². The van der Waals surface area contributed by atoms with Gasteiger partial charge in [-0.05, 0) is 26.2 Å². The van der Waals surface area contributed by atoms with Crippen molar-refractivity contribution in [2.45, 2.75) is 59.4 Å². The van der Waals surface area contributed by atoms with E-state index in [1.807, 2.05) is 6.20 Å². The Morgan fingerprint density at radius 2 is 2.00 bits per heavy atom. The van der Waals surface area contributed by atoms with Crippen LogP contribution in [-0.4, -0.2) is 16.0 Å². The van der Waals surface area contributed by atoms with Crippen molar-refractivity contribution < 1.29 is 0 Å². The third-order valence-electron chi connectivity index (χ3n) is 2.70. The Balaban J connectivity index is 2.82. The van der Waals surface area contributed by atoms with Crippen molar-refractivity contribution in [3.63, 3.8) is 0 Å². The zero-order chi connectivity index (χ0) is 12.0. The highest BCUT2D eigenvalue weighted by Gasteiger charge is 2.08. The number of anilines is 1. The van der Waals surface area contributed by atoms with Gasteiger partial charge in [0, 0.05) is 12.2 Å². The Kier molecular flexibility index (Phi) is 5.23. The van der Waals surface area contributed by atoms with Crippen molar-refractivity contribution in [1.29, 1.82) is 0 Å². The van der Waals surface area contributed by atoms with Crippen LogP contribution < -0.4 is 5.32 Å². The summed E-state index contributed by atoms with van der Waals surface area (Å²) in [6.45, 7) is 8.62. The summed E-state index contributed by atoms with van der Waals surface area (Å²) in [5.41, 5.74) is 2.13. The molecule has 90 valence electrons. The highest BCUT2D eigenvalue weighted by molar-refractivity contribution is 5.41. The fourth-order valence-electron chi connectivity index (χ4n) is 1.73. The molecule has 3 nitrogen and oxygen atoms in total.